The highest BCUT2D eigenvalue weighted by atomic mass is 35.5. The van der Waals surface area contributed by atoms with E-state index < -0.39 is 6.03 Å². The van der Waals surface area contributed by atoms with E-state index in [4.69, 9.17) is 11.6 Å². The van der Waals surface area contributed by atoms with E-state index in [1.54, 1.807) is 0 Å². The van der Waals surface area contributed by atoms with Crippen molar-refractivity contribution in [2.75, 3.05) is 19.6 Å². The lowest BCUT2D eigenvalue weighted by Crippen LogP contribution is -2.56. The van der Waals surface area contributed by atoms with Crippen LogP contribution in [0.1, 0.15) is 52.2 Å². The van der Waals surface area contributed by atoms with Crippen LogP contribution in [-0.2, 0) is 17.9 Å². The molecule has 0 unspecified atom stereocenters. The first-order chi connectivity index (χ1) is 15.5. The maximum Gasteiger partial charge on any atom is 0.342 e. The maximum absolute atomic E-state index is 12.8. The molecule has 2 aromatic carbocycles. The zero-order chi connectivity index (χ0) is 22.2. The molecule has 3 aliphatic heterocycles. The monoisotopic (exact) mass is 452 g/mol. The van der Waals surface area contributed by atoms with E-state index in [-0.39, 0.29) is 24.8 Å². The number of carbonyl (C=O) groups is 3. The lowest BCUT2D eigenvalue weighted by atomic mass is 9.89. The van der Waals surface area contributed by atoms with E-state index in [0.29, 0.717) is 18.0 Å². The zero-order valence-electron chi connectivity index (χ0n) is 17.7. The molecule has 2 saturated heterocycles. The fourth-order valence-corrected chi connectivity index (χ4v) is 4.98. The Morgan fingerprint density at radius 1 is 0.938 bits per heavy atom. The molecule has 4 amide bonds. The molecule has 3 heterocycles. The van der Waals surface area contributed by atoms with Crippen molar-refractivity contribution in [3.63, 3.8) is 0 Å². The fourth-order valence-electron chi connectivity index (χ4n) is 4.86. The van der Waals surface area contributed by atoms with Gasteiger partial charge in [-0.25, -0.2) is 14.8 Å². The number of urea groups is 1. The fraction of sp³-hybridized carbons (Fsp3) is 0.375. The van der Waals surface area contributed by atoms with Gasteiger partial charge < -0.3 is 0 Å². The first-order valence-electron chi connectivity index (χ1n) is 11.0. The normalized spacial score (nSPS) is 20.0. The molecule has 0 atom stereocenters. The third kappa shape index (κ3) is 4.10. The number of hydrogen-bond donors (Lipinski definition) is 1. The summed E-state index contributed by atoms with van der Waals surface area (Å²) >= 11 is 6.01. The van der Waals surface area contributed by atoms with Crippen LogP contribution < -0.4 is 5.32 Å². The Morgan fingerprint density at radius 2 is 1.69 bits per heavy atom. The number of piperidine rings is 1. The second-order valence-electron chi connectivity index (χ2n) is 8.68. The van der Waals surface area contributed by atoms with E-state index in [0.717, 1.165) is 43.1 Å². The van der Waals surface area contributed by atoms with Gasteiger partial charge in [-0.2, -0.15) is 0 Å². The molecule has 2 fully saturated rings. The Hall–Kier alpha value is -2.90. The van der Waals surface area contributed by atoms with Crippen LogP contribution in [0, 0.1) is 0 Å². The van der Waals surface area contributed by atoms with E-state index in [1.807, 2.05) is 24.3 Å². The molecular formula is C24H25ClN4O3. The molecule has 3 aliphatic rings. The first kappa shape index (κ1) is 21.0. The Bertz CT molecular complexity index is 1060. The molecule has 1 N–H and O–H groups in total. The summed E-state index contributed by atoms with van der Waals surface area (Å²) in [6, 6.07) is 13.6. The molecule has 0 bridgehead atoms. The number of halogens is 1. The lowest BCUT2D eigenvalue weighted by Gasteiger charge is -2.33. The van der Waals surface area contributed by atoms with Crippen LogP contribution in [0.4, 0.5) is 4.79 Å². The number of fused-ring (bicyclic) bond motifs is 1. The third-order valence-corrected chi connectivity index (χ3v) is 6.86. The number of nitrogens with zero attached hydrogens (tertiary/aromatic N) is 3. The summed E-state index contributed by atoms with van der Waals surface area (Å²) in [4.78, 5) is 38.8. The molecular weight excluding hydrogens is 428 g/mol. The van der Waals surface area contributed by atoms with Gasteiger partial charge in [0.05, 0.1) is 13.1 Å². The predicted octanol–water partition coefficient (Wildman–Crippen LogP) is 3.53. The zero-order valence-corrected chi connectivity index (χ0v) is 18.5. The van der Waals surface area contributed by atoms with Gasteiger partial charge in [-0.15, -0.1) is 0 Å². The summed E-state index contributed by atoms with van der Waals surface area (Å²) in [6.45, 7) is 3.46. The summed E-state index contributed by atoms with van der Waals surface area (Å²) < 4.78 is 0. The molecule has 166 valence electrons. The number of hydrogen-bond acceptors (Lipinski definition) is 4. The molecule has 0 aliphatic carbocycles. The number of hydrazine groups is 1. The van der Waals surface area contributed by atoms with Crippen molar-refractivity contribution >= 4 is 29.4 Å². The van der Waals surface area contributed by atoms with Crippen LogP contribution in [0.25, 0.3) is 0 Å². The van der Waals surface area contributed by atoms with Crippen LogP contribution in [0.2, 0.25) is 5.02 Å². The molecule has 32 heavy (non-hydrogen) atoms. The number of imide groups is 1. The van der Waals surface area contributed by atoms with Crippen LogP contribution in [-0.4, -0.2) is 52.4 Å². The highest BCUT2D eigenvalue weighted by Crippen LogP contribution is 2.31. The third-order valence-electron chi connectivity index (χ3n) is 6.61. The molecule has 5 rings (SSSR count). The van der Waals surface area contributed by atoms with Crippen LogP contribution in [0.3, 0.4) is 0 Å². The summed E-state index contributed by atoms with van der Waals surface area (Å²) in [7, 11) is 0. The number of nitrogens with one attached hydrogen (secondary N) is 1. The number of amides is 4. The summed E-state index contributed by atoms with van der Waals surface area (Å²) in [5, 5.41) is 5.83. The molecule has 0 spiro atoms. The Morgan fingerprint density at radius 3 is 2.41 bits per heavy atom. The van der Waals surface area contributed by atoms with Crippen molar-refractivity contribution in [1.82, 2.24) is 20.2 Å². The Balaban J connectivity index is 1.21. The molecule has 8 heteroatoms. The lowest BCUT2D eigenvalue weighted by molar-refractivity contribution is -0.123. The van der Waals surface area contributed by atoms with Crippen LogP contribution in [0.5, 0.6) is 0 Å². The van der Waals surface area contributed by atoms with Gasteiger partial charge in [-0.05, 0) is 66.7 Å². The standard InChI is InChI=1S/C24H25ClN4O3/c25-20-4-2-17(3-5-20)18-7-10-27(11-8-18)14-16-1-6-21-19(13-16)15-29(23(21)31)28-12-9-22(30)26-24(28)32/h1-6,13,18H,7-12,14-15H2,(H,26,30,32). The van der Waals surface area contributed by atoms with Crippen molar-refractivity contribution in [1.29, 1.82) is 0 Å². The highest BCUT2D eigenvalue weighted by molar-refractivity contribution is 6.30. The number of rotatable bonds is 4. The summed E-state index contributed by atoms with van der Waals surface area (Å²) in [5.41, 5.74) is 4.07. The van der Waals surface area contributed by atoms with Gasteiger partial charge in [0.2, 0.25) is 5.91 Å². The van der Waals surface area contributed by atoms with Crippen molar-refractivity contribution in [2.45, 2.75) is 38.3 Å². The molecule has 0 saturated carbocycles. The van der Waals surface area contributed by atoms with Gasteiger partial charge in [0, 0.05) is 23.6 Å². The minimum absolute atomic E-state index is 0.195. The summed E-state index contributed by atoms with van der Waals surface area (Å²) in [6.07, 6.45) is 2.42. The van der Waals surface area contributed by atoms with Crippen LogP contribution >= 0.6 is 11.6 Å². The SMILES string of the molecule is O=C1CCN(N2Cc3cc(CN4CCC(c5ccc(Cl)cc5)CC4)ccc3C2=O)C(=O)N1. The van der Waals surface area contributed by atoms with E-state index in [2.05, 4.69) is 28.4 Å². The van der Waals surface area contributed by atoms with E-state index >= 15 is 0 Å². The molecule has 2 aromatic rings. The smallest absolute Gasteiger partial charge is 0.299 e. The highest BCUT2D eigenvalue weighted by Gasteiger charge is 2.37. The quantitative estimate of drug-likeness (QED) is 0.770. The minimum atomic E-state index is -0.536. The minimum Gasteiger partial charge on any atom is -0.299 e. The second-order valence-corrected chi connectivity index (χ2v) is 9.12. The van der Waals surface area contributed by atoms with Gasteiger partial charge >= 0.3 is 6.03 Å². The van der Waals surface area contributed by atoms with Crippen molar-refractivity contribution < 1.29 is 14.4 Å². The van der Waals surface area contributed by atoms with Gasteiger partial charge in [-0.1, -0.05) is 35.9 Å². The molecule has 0 aromatic heterocycles. The number of likely N-dealkylation sites (tertiary alicyclic amines) is 1. The van der Waals surface area contributed by atoms with Gasteiger partial charge in [-0.3, -0.25) is 19.8 Å². The number of carbonyl (C=O) groups excluding carboxylic acids is 3. The van der Waals surface area contributed by atoms with E-state index in [1.165, 1.54) is 21.1 Å². The number of benzene rings is 2. The Kier molecular flexibility index (Phi) is 5.61. The van der Waals surface area contributed by atoms with Crippen molar-refractivity contribution in [2.24, 2.45) is 0 Å². The predicted molar refractivity (Wildman–Crippen MR) is 120 cm³/mol. The largest absolute Gasteiger partial charge is 0.342 e. The average Bonchev–Trinajstić information content (AvgIpc) is 3.10. The van der Waals surface area contributed by atoms with Crippen molar-refractivity contribution in [3.05, 3.63) is 69.7 Å². The Labute approximate surface area is 191 Å². The average molecular weight is 453 g/mol. The second kappa shape index (κ2) is 8.56. The van der Waals surface area contributed by atoms with Crippen LogP contribution in [0.15, 0.2) is 42.5 Å². The molecule has 0 radical (unpaired) electrons. The van der Waals surface area contributed by atoms with Gasteiger partial charge in [0.25, 0.3) is 5.91 Å². The topological polar surface area (TPSA) is 73.0 Å². The van der Waals surface area contributed by atoms with Crippen molar-refractivity contribution in [3.8, 4) is 0 Å². The first-order valence-corrected chi connectivity index (χ1v) is 11.4. The van der Waals surface area contributed by atoms with Gasteiger partial charge in [0.15, 0.2) is 0 Å². The maximum atomic E-state index is 12.8. The summed E-state index contributed by atoms with van der Waals surface area (Å²) in [5.74, 6) is 0.0645. The van der Waals surface area contributed by atoms with E-state index in [9.17, 15) is 14.4 Å². The molecule has 7 nitrogen and oxygen atoms in total. The van der Waals surface area contributed by atoms with Gasteiger partial charge in [0.1, 0.15) is 0 Å².